The molecule has 0 saturated heterocycles. The molecule has 3 aliphatic carbocycles. The molecule has 0 bridgehead atoms. The summed E-state index contributed by atoms with van der Waals surface area (Å²) in [5.41, 5.74) is 0.627. The molecule has 3 fully saturated rings. The molecular formula is C15H24O. The maximum absolute atomic E-state index is 12.4. The van der Waals surface area contributed by atoms with Gasteiger partial charge in [-0.2, -0.15) is 0 Å². The first-order chi connectivity index (χ1) is 7.75. The van der Waals surface area contributed by atoms with E-state index in [4.69, 9.17) is 0 Å². The van der Waals surface area contributed by atoms with Crippen molar-refractivity contribution in [2.24, 2.45) is 10.8 Å². The number of Topliss-reactive ketones (excluding diaryl/α,β-unsaturated/α-hetero) is 1. The Kier molecular flexibility index (Phi) is 2.60. The zero-order valence-electron chi connectivity index (χ0n) is 10.4. The third-order valence-electron chi connectivity index (χ3n) is 5.57. The van der Waals surface area contributed by atoms with Gasteiger partial charge in [-0.3, -0.25) is 4.79 Å². The zero-order valence-corrected chi connectivity index (χ0v) is 10.4. The molecule has 0 heterocycles. The minimum Gasteiger partial charge on any atom is -0.299 e. The first-order valence-corrected chi connectivity index (χ1v) is 7.28. The number of hydrogen-bond acceptors (Lipinski definition) is 1. The van der Waals surface area contributed by atoms with E-state index in [0.29, 0.717) is 11.2 Å². The first kappa shape index (κ1) is 10.8. The predicted octanol–water partition coefficient (Wildman–Crippen LogP) is 4.25. The molecule has 0 aliphatic heterocycles. The lowest BCUT2D eigenvalue weighted by molar-refractivity contribution is -0.127. The van der Waals surface area contributed by atoms with Crippen molar-refractivity contribution >= 4 is 5.78 Å². The second-order valence-electron chi connectivity index (χ2n) is 6.68. The van der Waals surface area contributed by atoms with Crippen molar-refractivity contribution in [2.75, 3.05) is 0 Å². The maximum atomic E-state index is 12.4. The van der Waals surface area contributed by atoms with Crippen molar-refractivity contribution in [1.82, 2.24) is 0 Å². The van der Waals surface area contributed by atoms with Crippen molar-refractivity contribution < 1.29 is 4.79 Å². The van der Waals surface area contributed by atoms with Crippen LogP contribution < -0.4 is 0 Å². The molecule has 0 N–H and O–H groups in total. The normalized spacial score (nSPS) is 32.4. The van der Waals surface area contributed by atoms with E-state index in [2.05, 4.69) is 0 Å². The fourth-order valence-corrected chi connectivity index (χ4v) is 4.75. The average Bonchev–Trinajstić information content (AvgIpc) is 2.54. The average molecular weight is 220 g/mol. The zero-order chi connectivity index (χ0) is 11.1. The molecule has 0 aromatic heterocycles. The fraction of sp³-hybridized carbons (Fsp3) is 0.933. The minimum absolute atomic E-state index is 0.162. The van der Waals surface area contributed by atoms with Gasteiger partial charge < -0.3 is 0 Å². The van der Waals surface area contributed by atoms with E-state index in [1.54, 1.807) is 0 Å². The Balaban J connectivity index is 1.80. The van der Waals surface area contributed by atoms with Crippen LogP contribution in [-0.4, -0.2) is 5.78 Å². The van der Waals surface area contributed by atoms with Crippen LogP contribution in [-0.2, 0) is 4.79 Å². The van der Waals surface area contributed by atoms with Gasteiger partial charge in [0.2, 0.25) is 0 Å². The highest BCUT2D eigenvalue weighted by molar-refractivity contribution is 5.88. The van der Waals surface area contributed by atoms with E-state index in [-0.39, 0.29) is 5.41 Å². The summed E-state index contributed by atoms with van der Waals surface area (Å²) in [5.74, 6) is 0.647. The lowest BCUT2D eigenvalue weighted by atomic mass is 9.67. The number of ketones is 1. The van der Waals surface area contributed by atoms with E-state index in [1.165, 1.54) is 70.6 Å². The molecule has 3 saturated carbocycles. The van der Waals surface area contributed by atoms with Gasteiger partial charge in [0.1, 0.15) is 5.78 Å². The van der Waals surface area contributed by atoms with Gasteiger partial charge in [-0.25, -0.2) is 0 Å². The first-order valence-electron chi connectivity index (χ1n) is 7.28. The SMILES string of the molecule is O=C1CC2(CCCCC2)CC12CCCCC2. The van der Waals surface area contributed by atoms with Crippen LogP contribution in [0.5, 0.6) is 0 Å². The Morgan fingerprint density at radius 2 is 1.31 bits per heavy atom. The Morgan fingerprint density at radius 3 is 1.94 bits per heavy atom. The summed E-state index contributed by atoms with van der Waals surface area (Å²) in [5, 5.41) is 0. The van der Waals surface area contributed by atoms with Gasteiger partial charge >= 0.3 is 0 Å². The molecule has 3 rings (SSSR count). The van der Waals surface area contributed by atoms with Crippen LogP contribution in [0, 0.1) is 10.8 Å². The van der Waals surface area contributed by atoms with Crippen molar-refractivity contribution in [3.05, 3.63) is 0 Å². The minimum atomic E-state index is 0.162. The molecule has 0 atom stereocenters. The summed E-state index contributed by atoms with van der Waals surface area (Å²) in [6, 6.07) is 0. The quantitative estimate of drug-likeness (QED) is 0.596. The van der Waals surface area contributed by atoms with Gasteiger partial charge in [0, 0.05) is 11.8 Å². The number of rotatable bonds is 0. The number of carbonyl (C=O) groups is 1. The van der Waals surface area contributed by atoms with E-state index in [0.717, 1.165) is 6.42 Å². The maximum Gasteiger partial charge on any atom is 0.139 e. The highest BCUT2D eigenvalue weighted by Crippen LogP contribution is 2.58. The molecule has 90 valence electrons. The second-order valence-corrected chi connectivity index (χ2v) is 6.68. The second kappa shape index (κ2) is 3.85. The molecule has 0 unspecified atom stereocenters. The Labute approximate surface area is 99.0 Å². The summed E-state index contributed by atoms with van der Waals surface area (Å²) in [7, 11) is 0. The molecule has 1 nitrogen and oxygen atoms in total. The van der Waals surface area contributed by atoms with Crippen LogP contribution in [0.2, 0.25) is 0 Å². The molecule has 0 aromatic carbocycles. The van der Waals surface area contributed by atoms with Crippen LogP contribution in [0.15, 0.2) is 0 Å². The molecule has 16 heavy (non-hydrogen) atoms. The van der Waals surface area contributed by atoms with Gasteiger partial charge in [0.25, 0.3) is 0 Å². The van der Waals surface area contributed by atoms with Gasteiger partial charge in [0.05, 0.1) is 0 Å². The van der Waals surface area contributed by atoms with Crippen LogP contribution >= 0.6 is 0 Å². The Hall–Kier alpha value is -0.330. The molecular weight excluding hydrogens is 196 g/mol. The summed E-state index contributed by atoms with van der Waals surface area (Å²) in [6.07, 6.45) is 15.5. The Morgan fingerprint density at radius 1 is 0.750 bits per heavy atom. The van der Waals surface area contributed by atoms with Crippen molar-refractivity contribution in [1.29, 1.82) is 0 Å². The summed E-state index contributed by atoms with van der Waals surface area (Å²) >= 11 is 0. The monoisotopic (exact) mass is 220 g/mol. The van der Waals surface area contributed by atoms with Gasteiger partial charge in [-0.15, -0.1) is 0 Å². The highest BCUT2D eigenvalue weighted by Gasteiger charge is 2.53. The van der Waals surface area contributed by atoms with Crippen molar-refractivity contribution in [3.8, 4) is 0 Å². The van der Waals surface area contributed by atoms with E-state index < -0.39 is 0 Å². The fourth-order valence-electron chi connectivity index (χ4n) is 4.75. The number of carbonyl (C=O) groups excluding carboxylic acids is 1. The predicted molar refractivity (Wildman–Crippen MR) is 65.3 cm³/mol. The lowest BCUT2D eigenvalue weighted by Gasteiger charge is -2.37. The van der Waals surface area contributed by atoms with E-state index in [1.807, 2.05) is 0 Å². The van der Waals surface area contributed by atoms with Crippen molar-refractivity contribution in [2.45, 2.75) is 77.0 Å². The summed E-state index contributed by atoms with van der Waals surface area (Å²) in [6.45, 7) is 0. The van der Waals surface area contributed by atoms with E-state index >= 15 is 0 Å². The van der Waals surface area contributed by atoms with Crippen LogP contribution in [0.25, 0.3) is 0 Å². The van der Waals surface area contributed by atoms with Crippen LogP contribution in [0.1, 0.15) is 77.0 Å². The summed E-state index contributed by atoms with van der Waals surface area (Å²) in [4.78, 5) is 12.4. The number of hydrogen-bond donors (Lipinski definition) is 0. The standard InChI is InChI=1S/C15H24O/c16-13-11-14(7-3-1-4-8-14)12-15(13)9-5-2-6-10-15/h1-12H2. The largest absolute Gasteiger partial charge is 0.299 e. The topological polar surface area (TPSA) is 17.1 Å². The lowest BCUT2D eigenvalue weighted by Crippen LogP contribution is -2.29. The van der Waals surface area contributed by atoms with Gasteiger partial charge in [-0.1, -0.05) is 38.5 Å². The molecule has 0 aromatic rings. The molecule has 1 heteroatoms. The third kappa shape index (κ3) is 1.63. The molecule has 2 spiro atoms. The van der Waals surface area contributed by atoms with Crippen LogP contribution in [0.4, 0.5) is 0 Å². The van der Waals surface area contributed by atoms with Crippen molar-refractivity contribution in [3.63, 3.8) is 0 Å². The molecule has 0 amide bonds. The highest BCUT2D eigenvalue weighted by atomic mass is 16.1. The third-order valence-corrected chi connectivity index (χ3v) is 5.57. The Bertz CT molecular complexity index is 280. The van der Waals surface area contributed by atoms with Crippen LogP contribution in [0.3, 0.4) is 0 Å². The molecule has 0 radical (unpaired) electrons. The van der Waals surface area contributed by atoms with Gasteiger partial charge in [-0.05, 0) is 37.5 Å². The summed E-state index contributed by atoms with van der Waals surface area (Å²) < 4.78 is 0. The van der Waals surface area contributed by atoms with Gasteiger partial charge in [0.15, 0.2) is 0 Å². The molecule has 3 aliphatic rings. The smallest absolute Gasteiger partial charge is 0.139 e. The van der Waals surface area contributed by atoms with E-state index in [9.17, 15) is 4.79 Å².